The van der Waals surface area contributed by atoms with Crippen LogP contribution in [0.5, 0.6) is 0 Å². The molecule has 12 heavy (non-hydrogen) atoms. The van der Waals surface area contributed by atoms with Gasteiger partial charge < -0.3 is 8.85 Å². The van der Waals surface area contributed by atoms with Crippen molar-refractivity contribution in [2.24, 2.45) is 0 Å². The Balaban J connectivity index is 2.73. The van der Waals surface area contributed by atoms with Gasteiger partial charge in [0.2, 0.25) is 0 Å². The van der Waals surface area contributed by atoms with Gasteiger partial charge in [-0.25, -0.2) is 0 Å². The van der Waals surface area contributed by atoms with Crippen LogP contribution in [0, 0.1) is 0 Å². The molecule has 0 N–H and O–H groups in total. The number of hydrogen-bond acceptors (Lipinski definition) is 2. The first-order chi connectivity index (χ1) is 5.91. The zero-order valence-corrected chi connectivity index (χ0v) is 11.3. The number of unbranched alkanes of at least 4 members (excludes halogenated alkanes) is 3. The Morgan fingerprint density at radius 1 is 0.750 bits per heavy atom. The highest BCUT2D eigenvalue weighted by Gasteiger charge is 1.91. The molecule has 0 aromatic carbocycles. The largest absolute Gasteiger partial charge is 0.427 e. The second kappa shape index (κ2) is 11.4. The Morgan fingerprint density at radius 3 is 1.50 bits per heavy atom. The zero-order valence-electron chi connectivity index (χ0n) is 8.47. The second-order valence-electron chi connectivity index (χ2n) is 3.11. The predicted molar refractivity (Wildman–Crippen MR) is 59.2 cm³/mol. The summed E-state index contributed by atoms with van der Waals surface area (Å²) in [5.41, 5.74) is 0. The van der Waals surface area contributed by atoms with Gasteiger partial charge in [-0.15, -0.1) is 0 Å². The Kier molecular flexibility index (Phi) is 11.7. The van der Waals surface area contributed by atoms with Crippen molar-refractivity contribution in [3.63, 3.8) is 0 Å². The molecule has 4 heteroatoms. The van der Waals surface area contributed by atoms with E-state index in [2.05, 4.69) is 0 Å². The van der Waals surface area contributed by atoms with E-state index in [-0.39, 0.29) is 19.5 Å². The standard InChI is InChI=1S/C8H22O2Si2/c1-9-11-7-5-3-4-6-8-12-10-2/h3-8,11-12H2,1-2H3. The number of hydrogen-bond donors (Lipinski definition) is 0. The molecule has 0 aliphatic rings. The van der Waals surface area contributed by atoms with E-state index in [1.54, 1.807) is 0 Å². The van der Waals surface area contributed by atoms with E-state index in [4.69, 9.17) is 8.85 Å². The molecule has 74 valence electrons. The summed E-state index contributed by atoms with van der Waals surface area (Å²) in [6.45, 7) is 0. The summed E-state index contributed by atoms with van der Waals surface area (Å²) in [5, 5.41) is 0. The lowest BCUT2D eigenvalue weighted by atomic mass is 10.2. The molecule has 0 atom stereocenters. The highest BCUT2D eigenvalue weighted by molar-refractivity contribution is 6.27. The molecule has 0 spiro atoms. The van der Waals surface area contributed by atoms with Gasteiger partial charge in [-0.3, -0.25) is 0 Å². The van der Waals surface area contributed by atoms with E-state index in [1.807, 2.05) is 14.2 Å². The molecular weight excluding hydrogens is 184 g/mol. The molecule has 0 saturated carbocycles. The minimum Gasteiger partial charge on any atom is -0.427 e. The highest BCUT2D eigenvalue weighted by atomic mass is 28.2. The Hall–Kier alpha value is 0.354. The summed E-state index contributed by atoms with van der Waals surface area (Å²) in [5.74, 6) is 0. The van der Waals surface area contributed by atoms with E-state index in [0.717, 1.165) is 0 Å². The SMILES string of the molecule is CO[SiH2]CCCCCC[SiH2]OC. The van der Waals surface area contributed by atoms with Crippen LogP contribution in [0.2, 0.25) is 12.1 Å². The van der Waals surface area contributed by atoms with Gasteiger partial charge in [-0.05, 0) is 12.1 Å². The van der Waals surface area contributed by atoms with Gasteiger partial charge in [0.25, 0.3) is 0 Å². The van der Waals surface area contributed by atoms with Crippen molar-refractivity contribution in [2.75, 3.05) is 14.2 Å². The van der Waals surface area contributed by atoms with E-state index in [0.29, 0.717) is 0 Å². The smallest absolute Gasteiger partial charge is 0.161 e. The molecule has 0 aliphatic heterocycles. The molecule has 0 unspecified atom stereocenters. The minimum atomic E-state index is -0.138. The first kappa shape index (κ1) is 12.4. The van der Waals surface area contributed by atoms with E-state index >= 15 is 0 Å². The quantitative estimate of drug-likeness (QED) is 0.411. The van der Waals surface area contributed by atoms with E-state index < -0.39 is 0 Å². The Bertz CT molecular complexity index is 71.5. The van der Waals surface area contributed by atoms with Crippen LogP contribution in [0.4, 0.5) is 0 Å². The molecule has 0 saturated heterocycles. The normalized spacial score (nSPS) is 12.5. The third-order valence-electron chi connectivity index (χ3n) is 1.95. The van der Waals surface area contributed by atoms with Gasteiger partial charge in [0.15, 0.2) is 19.5 Å². The second-order valence-corrected chi connectivity index (χ2v) is 6.49. The molecule has 2 nitrogen and oxygen atoms in total. The van der Waals surface area contributed by atoms with Crippen molar-refractivity contribution in [3.05, 3.63) is 0 Å². The fourth-order valence-corrected chi connectivity index (χ4v) is 2.89. The molecule has 0 heterocycles. The first-order valence-corrected chi connectivity index (χ1v) is 8.05. The third-order valence-corrected chi connectivity index (χ3v) is 4.34. The average molecular weight is 206 g/mol. The lowest BCUT2D eigenvalue weighted by Gasteiger charge is -1.99. The summed E-state index contributed by atoms with van der Waals surface area (Å²) in [6, 6.07) is 2.72. The van der Waals surface area contributed by atoms with Gasteiger partial charge in [0.1, 0.15) is 0 Å². The number of rotatable bonds is 9. The van der Waals surface area contributed by atoms with Crippen LogP contribution in [0.1, 0.15) is 25.7 Å². The van der Waals surface area contributed by atoms with Crippen molar-refractivity contribution < 1.29 is 8.85 Å². The van der Waals surface area contributed by atoms with Crippen molar-refractivity contribution in [1.29, 1.82) is 0 Å². The van der Waals surface area contributed by atoms with Crippen LogP contribution in [-0.4, -0.2) is 33.7 Å². The van der Waals surface area contributed by atoms with Crippen LogP contribution in [0.15, 0.2) is 0 Å². The van der Waals surface area contributed by atoms with Crippen molar-refractivity contribution in [2.45, 2.75) is 37.8 Å². The highest BCUT2D eigenvalue weighted by Crippen LogP contribution is 2.05. The molecule has 0 radical (unpaired) electrons. The molecule has 0 aromatic rings. The molecule has 0 aromatic heterocycles. The summed E-state index contributed by atoms with van der Waals surface area (Å²) in [6.07, 6.45) is 5.56. The summed E-state index contributed by atoms with van der Waals surface area (Å²) < 4.78 is 10.2. The topological polar surface area (TPSA) is 18.5 Å². The van der Waals surface area contributed by atoms with Crippen LogP contribution >= 0.6 is 0 Å². The molecular formula is C8H22O2Si2. The molecule has 0 bridgehead atoms. The fraction of sp³-hybridized carbons (Fsp3) is 1.00. The molecule has 0 amide bonds. The minimum absolute atomic E-state index is 0.138. The maximum atomic E-state index is 5.11. The van der Waals surface area contributed by atoms with Crippen molar-refractivity contribution in [1.82, 2.24) is 0 Å². The summed E-state index contributed by atoms with van der Waals surface area (Å²) >= 11 is 0. The van der Waals surface area contributed by atoms with Crippen LogP contribution in [0.3, 0.4) is 0 Å². The lowest BCUT2D eigenvalue weighted by molar-refractivity contribution is 0.436. The monoisotopic (exact) mass is 206 g/mol. The van der Waals surface area contributed by atoms with Crippen molar-refractivity contribution >= 4 is 19.5 Å². The fourth-order valence-electron chi connectivity index (χ4n) is 1.20. The molecule has 0 rings (SSSR count). The van der Waals surface area contributed by atoms with Gasteiger partial charge in [-0.2, -0.15) is 0 Å². The van der Waals surface area contributed by atoms with Crippen molar-refractivity contribution in [3.8, 4) is 0 Å². The molecule has 0 aliphatic carbocycles. The maximum absolute atomic E-state index is 5.11. The van der Waals surface area contributed by atoms with Gasteiger partial charge in [-0.1, -0.05) is 25.7 Å². The van der Waals surface area contributed by atoms with Crippen LogP contribution < -0.4 is 0 Å². The Labute approximate surface area is 80.9 Å². The molecule has 0 fully saturated rings. The zero-order chi connectivity index (χ0) is 9.07. The van der Waals surface area contributed by atoms with E-state index in [1.165, 1.54) is 37.8 Å². The summed E-state index contributed by atoms with van der Waals surface area (Å²) in [7, 11) is 3.38. The van der Waals surface area contributed by atoms with E-state index in [9.17, 15) is 0 Å². The van der Waals surface area contributed by atoms with Gasteiger partial charge in [0, 0.05) is 14.2 Å². The Morgan fingerprint density at radius 2 is 1.17 bits per heavy atom. The predicted octanol–water partition coefficient (Wildman–Crippen LogP) is 0.844. The van der Waals surface area contributed by atoms with Gasteiger partial charge in [0.05, 0.1) is 0 Å². The first-order valence-electron chi connectivity index (χ1n) is 4.89. The summed E-state index contributed by atoms with van der Waals surface area (Å²) in [4.78, 5) is 0. The maximum Gasteiger partial charge on any atom is 0.161 e. The van der Waals surface area contributed by atoms with Crippen LogP contribution in [-0.2, 0) is 8.85 Å². The van der Waals surface area contributed by atoms with Crippen LogP contribution in [0.25, 0.3) is 0 Å². The third kappa shape index (κ3) is 10.4. The lowest BCUT2D eigenvalue weighted by Crippen LogP contribution is -1.93. The van der Waals surface area contributed by atoms with Gasteiger partial charge >= 0.3 is 0 Å². The average Bonchev–Trinajstić information content (AvgIpc) is 2.10.